The molecule has 5 heteroatoms. The first-order valence-corrected chi connectivity index (χ1v) is 6.06. The highest BCUT2D eigenvalue weighted by atomic mass is 16.5. The molecule has 0 aromatic heterocycles. The predicted octanol–water partition coefficient (Wildman–Crippen LogP) is 0.384. The van der Waals surface area contributed by atoms with Gasteiger partial charge in [-0.25, -0.2) is 0 Å². The van der Waals surface area contributed by atoms with Crippen molar-refractivity contribution in [3.05, 3.63) is 29.3 Å². The quantitative estimate of drug-likeness (QED) is 0.681. The molecule has 0 spiro atoms. The Hall–Kier alpha value is -1.59. The summed E-state index contributed by atoms with van der Waals surface area (Å²) in [5.74, 6) is 0.129. The van der Waals surface area contributed by atoms with Gasteiger partial charge in [0.25, 0.3) is 0 Å². The van der Waals surface area contributed by atoms with E-state index in [1.54, 1.807) is 7.05 Å². The van der Waals surface area contributed by atoms with Crippen LogP contribution in [-0.2, 0) is 17.8 Å². The highest BCUT2D eigenvalue weighted by Crippen LogP contribution is 2.25. The number of carboxylic acid groups (broad SMARTS) is 1. The van der Waals surface area contributed by atoms with Gasteiger partial charge in [0.15, 0.2) is 0 Å². The smallest absolute Gasteiger partial charge is 0.322 e. The van der Waals surface area contributed by atoms with E-state index in [1.807, 2.05) is 12.1 Å². The maximum absolute atomic E-state index is 10.8. The van der Waals surface area contributed by atoms with Gasteiger partial charge in [-0.1, -0.05) is 12.1 Å². The highest BCUT2D eigenvalue weighted by molar-refractivity contribution is 5.73. The lowest BCUT2D eigenvalue weighted by atomic mass is 10.1. The molecule has 0 fully saturated rings. The van der Waals surface area contributed by atoms with E-state index < -0.39 is 12.0 Å². The molecule has 0 bridgehead atoms. The van der Waals surface area contributed by atoms with Crippen LogP contribution in [-0.4, -0.2) is 37.3 Å². The van der Waals surface area contributed by atoms with Crippen LogP contribution in [0.1, 0.15) is 11.1 Å². The minimum Gasteiger partial charge on any atom is -0.493 e. The molecule has 5 nitrogen and oxygen atoms in total. The largest absolute Gasteiger partial charge is 0.493 e. The van der Waals surface area contributed by atoms with Crippen LogP contribution in [0.5, 0.6) is 5.75 Å². The standard InChI is InChI=1S/C13H18N2O3/c1-14-11(13(16)17)8-15-7-9-2-3-12-10(6-9)4-5-18-12/h2-3,6,11,14-15H,4-5,7-8H2,1H3,(H,16,17). The summed E-state index contributed by atoms with van der Waals surface area (Å²) in [5.41, 5.74) is 2.39. The van der Waals surface area contributed by atoms with Crippen LogP contribution in [0.25, 0.3) is 0 Å². The summed E-state index contributed by atoms with van der Waals surface area (Å²) in [6.45, 7) is 1.82. The van der Waals surface area contributed by atoms with Gasteiger partial charge in [-0.15, -0.1) is 0 Å². The Morgan fingerprint density at radius 1 is 1.56 bits per heavy atom. The highest BCUT2D eigenvalue weighted by Gasteiger charge is 2.14. The van der Waals surface area contributed by atoms with Crippen molar-refractivity contribution >= 4 is 5.97 Å². The van der Waals surface area contributed by atoms with E-state index in [9.17, 15) is 4.79 Å². The van der Waals surface area contributed by atoms with E-state index >= 15 is 0 Å². The number of nitrogens with one attached hydrogen (secondary N) is 2. The van der Waals surface area contributed by atoms with Crippen molar-refractivity contribution in [2.24, 2.45) is 0 Å². The van der Waals surface area contributed by atoms with Crippen molar-refractivity contribution in [1.82, 2.24) is 10.6 Å². The third kappa shape index (κ3) is 3.00. The molecule has 1 aliphatic rings. The molecule has 18 heavy (non-hydrogen) atoms. The zero-order valence-corrected chi connectivity index (χ0v) is 10.4. The molecule has 1 heterocycles. The fraction of sp³-hybridized carbons (Fsp3) is 0.462. The molecule has 0 saturated carbocycles. The first-order chi connectivity index (χ1) is 8.70. The summed E-state index contributed by atoms with van der Waals surface area (Å²) >= 11 is 0. The zero-order chi connectivity index (χ0) is 13.0. The third-order valence-electron chi connectivity index (χ3n) is 3.08. The molecule has 0 radical (unpaired) electrons. The van der Waals surface area contributed by atoms with E-state index in [0.717, 1.165) is 24.3 Å². The number of likely N-dealkylation sites (N-methyl/N-ethyl adjacent to an activating group) is 1. The minimum atomic E-state index is -0.840. The summed E-state index contributed by atoms with van der Waals surface area (Å²) in [4.78, 5) is 10.8. The first-order valence-electron chi connectivity index (χ1n) is 6.06. The minimum absolute atomic E-state index is 0.402. The Labute approximate surface area is 106 Å². The Morgan fingerprint density at radius 2 is 2.39 bits per heavy atom. The average Bonchev–Trinajstić information content (AvgIpc) is 2.81. The lowest BCUT2D eigenvalue weighted by Crippen LogP contribution is -2.42. The number of benzene rings is 1. The lowest BCUT2D eigenvalue weighted by molar-refractivity contribution is -0.139. The number of hydrogen-bond donors (Lipinski definition) is 3. The van der Waals surface area contributed by atoms with E-state index in [2.05, 4.69) is 16.7 Å². The molecular weight excluding hydrogens is 232 g/mol. The lowest BCUT2D eigenvalue weighted by Gasteiger charge is -2.12. The number of carbonyl (C=O) groups is 1. The van der Waals surface area contributed by atoms with E-state index in [-0.39, 0.29) is 0 Å². The molecule has 0 aliphatic carbocycles. The number of aliphatic carboxylic acids is 1. The predicted molar refractivity (Wildman–Crippen MR) is 67.8 cm³/mol. The number of rotatable bonds is 6. The van der Waals surface area contributed by atoms with Crippen LogP contribution in [0.15, 0.2) is 18.2 Å². The van der Waals surface area contributed by atoms with Crippen molar-refractivity contribution in [1.29, 1.82) is 0 Å². The zero-order valence-electron chi connectivity index (χ0n) is 10.4. The maximum Gasteiger partial charge on any atom is 0.322 e. The van der Waals surface area contributed by atoms with Crippen LogP contribution >= 0.6 is 0 Å². The van der Waals surface area contributed by atoms with E-state index in [1.165, 1.54) is 5.56 Å². The van der Waals surface area contributed by atoms with Gasteiger partial charge in [-0.05, 0) is 24.2 Å². The summed E-state index contributed by atoms with van der Waals surface area (Å²) in [5, 5.41) is 14.8. The van der Waals surface area contributed by atoms with Gasteiger partial charge in [0, 0.05) is 19.5 Å². The fourth-order valence-corrected chi connectivity index (χ4v) is 2.02. The van der Waals surface area contributed by atoms with Crippen LogP contribution in [0.2, 0.25) is 0 Å². The van der Waals surface area contributed by atoms with Gasteiger partial charge in [0.05, 0.1) is 6.61 Å². The SMILES string of the molecule is CNC(CNCc1ccc2c(c1)CCO2)C(=O)O. The molecule has 3 N–H and O–H groups in total. The second-order valence-corrected chi connectivity index (χ2v) is 4.35. The number of ether oxygens (including phenoxy) is 1. The monoisotopic (exact) mass is 250 g/mol. The second-order valence-electron chi connectivity index (χ2n) is 4.35. The summed E-state index contributed by atoms with van der Waals surface area (Å²) < 4.78 is 5.44. The topological polar surface area (TPSA) is 70.6 Å². The van der Waals surface area contributed by atoms with Gasteiger partial charge in [-0.2, -0.15) is 0 Å². The van der Waals surface area contributed by atoms with Crippen LogP contribution < -0.4 is 15.4 Å². The van der Waals surface area contributed by atoms with Gasteiger partial charge < -0.3 is 20.5 Å². The summed E-state index contributed by atoms with van der Waals surface area (Å²) in [7, 11) is 1.65. The molecular formula is C13H18N2O3. The van der Waals surface area contributed by atoms with Crippen molar-refractivity contribution in [3.8, 4) is 5.75 Å². The Bertz CT molecular complexity index is 434. The van der Waals surface area contributed by atoms with Gasteiger partial charge in [0.1, 0.15) is 11.8 Å². The molecule has 0 saturated heterocycles. The molecule has 1 aromatic carbocycles. The Balaban J connectivity index is 1.85. The average molecular weight is 250 g/mol. The fourth-order valence-electron chi connectivity index (χ4n) is 2.02. The molecule has 1 atom stereocenters. The van der Waals surface area contributed by atoms with Crippen LogP contribution in [0.4, 0.5) is 0 Å². The normalized spacial score (nSPS) is 14.9. The Morgan fingerprint density at radius 3 is 3.11 bits per heavy atom. The Kier molecular flexibility index (Phi) is 4.17. The van der Waals surface area contributed by atoms with Crippen molar-refractivity contribution in [3.63, 3.8) is 0 Å². The molecule has 1 aromatic rings. The summed E-state index contributed by atoms with van der Waals surface area (Å²) in [6, 6.07) is 5.55. The van der Waals surface area contributed by atoms with Crippen LogP contribution in [0, 0.1) is 0 Å². The van der Waals surface area contributed by atoms with E-state index in [0.29, 0.717) is 13.1 Å². The number of carboxylic acids is 1. The maximum atomic E-state index is 10.8. The van der Waals surface area contributed by atoms with Crippen molar-refractivity contribution in [2.45, 2.75) is 19.0 Å². The van der Waals surface area contributed by atoms with Gasteiger partial charge in [0.2, 0.25) is 0 Å². The summed E-state index contributed by atoms with van der Waals surface area (Å²) in [6.07, 6.45) is 0.956. The third-order valence-corrected chi connectivity index (χ3v) is 3.08. The molecule has 2 rings (SSSR count). The van der Waals surface area contributed by atoms with Gasteiger partial charge in [-0.3, -0.25) is 4.79 Å². The molecule has 1 aliphatic heterocycles. The number of hydrogen-bond acceptors (Lipinski definition) is 4. The van der Waals surface area contributed by atoms with Gasteiger partial charge >= 0.3 is 5.97 Å². The van der Waals surface area contributed by atoms with Crippen LogP contribution in [0.3, 0.4) is 0 Å². The van der Waals surface area contributed by atoms with E-state index in [4.69, 9.17) is 9.84 Å². The van der Waals surface area contributed by atoms with Crippen molar-refractivity contribution < 1.29 is 14.6 Å². The molecule has 1 unspecified atom stereocenters. The van der Waals surface area contributed by atoms with Crippen molar-refractivity contribution in [2.75, 3.05) is 20.2 Å². The second kappa shape index (κ2) is 5.84. The first kappa shape index (κ1) is 12.9. The molecule has 98 valence electrons. The number of fused-ring (bicyclic) bond motifs is 1. The molecule has 0 amide bonds.